The van der Waals surface area contributed by atoms with Crippen LogP contribution in [0.4, 0.5) is 27.8 Å². The summed E-state index contributed by atoms with van der Waals surface area (Å²) in [5.74, 6) is -0.653. The summed E-state index contributed by atoms with van der Waals surface area (Å²) in [5.41, 5.74) is 9.09. The molecule has 3 aromatic rings. The lowest BCUT2D eigenvalue weighted by Gasteiger charge is -2.37. The van der Waals surface area contributed by atoms with Gasteiger partial charge in [0, 0.05) is 63.6 Å². The minimum atomic E-state index is -0.987. The first-order chi connectivity index (χ1) is 30.0. The Bertz CT molecular complexity index is 2250. The highest BCUT2D eigenvalue weighted by Gasteiger charge is 2.46. The molecule has 1 aromatic heterocycles. The Hall–Kier alpha value is -6.10. The molecule has 6 aliphatic rings. The number of hydrogen-bond donors (Lipinski definition) is 4. The second-order valence-electron chi connectivity index (χ2n) is 17.8. The van der Waals surface area contributed by atoms with Crippen molar-refractivity contribution in [1.82, 2.24) is 34.9 Å². The molecule has 2 atom stereocenters. The quantitative estimate of drug-likeness (QED) is 0.203. The van der Waals surface area contributed by atoms with E-state index < -0.39 is 35.6 Å². The van der Waals surface area contributed by atoms with Crippen molar-refractivity contribution in [3.63, 3.8) is 0 Å². The van der Waals surface area contributed by atoms with E-state index in [2.05, 4.69) is 42.9 Å². The predicted octanol–water partition coefficient (Wildman–Crippen LogP) is 3.91. The summed E-state index contributed by atoms with van der Waals surface area (Å²) in [7, 11) is 1.83. The summed E-state index contributed by atoms with van der Waals surface area (Å²) >= 11 is 0. The van der Waals surface area contributed by atoms with Crippen molar-refractivity contribution in [2.24, 2.45) is 11.7 Å². The maximum absolute atomic E-state index is 13.6. The van der Waals surface area contributed by atoms with E-state index in [0.717, 1.165) is 101 Å². The number of fused-ring (bicyclic) bond motifs is 1. The highest BCUT2D eigenvalue weighted by Crippen LogP contribution is 2.36. The van der Waals surface area contributed by atoms with Gasteiger partial charge in [-0.3, -0.25) is 34.2 Å². The van der Waals surface area contributed by atoms with Gasteiger partial charge in [0.15, 0.2) is 11.5 Å². The molecular formula is C45H55N11O6. The summed E-state index contributed by atoms with van der Waals surface area (Å²) < 4.78 is 0. The van der Waals surface area contributed by atoms with E-state index >= 15 is 0 Å². The van der Waals surface area contributed by atoms with Crippen LogP contribution in [0.3, 0.4) is 0 Å². The monoisotopic (exact) mass is 845 g/mol. The van der Waals surface area contributed by atoms with Gasteiger partial charge in [-0.1, -0.05) is 18.2 Å². The first kappa shape index (κ1) is 41.3. The van der Waals surface area contributed by atoms with E-state index in [9.17, 15) is 28.8 Å². The zero-order valence-electron chi connectivity index (χ0n) is 35.2. The second kappa shape index (κ2) is 17.3. The zero-order chi connectivity index (χ0) is 43.1. The van der Waals surface area contributed by atoms with Gasteiger partial charge >= 0.3 is 6.03 Å². The number of hydrogen-bond acceptors (Lipinski definition) is 12. The topological polar surface area (TPSA) is 207 Å². The van der Waals surface area contributed by atoms with E-state index in [1.807, 2.05) is 30.1 Å². The molecule has 5 fully saturated rings. The molecule has 62 heavy (non-hydrogen) atoms. The molecule has 5 aliphatic heterocycles. The molecule has 1 unspecified atom stereocenters. The number of anilines is 4. The van der Waals surface area contributed by atoms with Gasteiger partial charge in [0.1, 0.15) is 11.9 Å². The number of benzene rings is 2. The number of nitrogens with one attached hydrogen (secondary N) is 3. The van der Waals surface area contributed by atoms with E-state index in [0.29, 0.717) is 46.8 Å². The van der Waals surface area contributed by atoms with E-state index in [-0.39, 0.29) is 36.7 Å². The van der Waals surface area contributed by atoms with Crippen LogP contribution in [0, 0.1) is 5.92 Å². The number of urea groups is 1. The standard InChI is InChI=1S/C45H55N11O6/c1-52-22-23-55(45(52)62)32-4-3-19-54(26-32)36-24-47-39(40(46)58)41(50-36)49-31-13-9-28(10-14-31)29-17-20-53(21-18-29)25-27-7-11-30(12-8-27)48-34-6-2-5-33-38(34)44(61)56(43(33)60)35-15-16-37(57)51-42(35)59/h2,5-6,9-10,13-14,24,27,29-30,32,35,48H,3-4,7-8,11-12,15-23,25-26H2,1H3,(H2,46,58)(H,49,50)(H,51,57,59)/t27-,30-,32-,35?/m1/s1. The Labute approximate surface area is 360 Å². The van der Waals surface area contributed by atoms with Crippen LogP contribution in [-0.4, -0.2) is 136 Å². The van der Waals surface area contributed by atoms with Crippen molar-refractivity contribution in [3.05, 3.63) is 71.0 Å². The normalized spacial score (nSPS) is 25.0. The van der Waals surface area contributed by atoms with Gasteiger partial charge in [0.25, 0.3) is 17.7 Å². The van der Waals surface area contributed by atoms with Crippen LogP contribution in [0.1, 0.15) is 107 Å². The molecule has 0 spiro atoms. The lowest BCUT2D eigenvalue weighted by molar-refractivity contribution is -0.136. The smallest absolute Gasteiger partial charge is 0.320 e. The van der Waals surface area contributed by atoms with Crippen LogP contribution in [0.2, 0.25) is 0 Å². The van der Waals surface area contributed by atoms with Gasteiger partial charge in [0.2, 0.25) is 11.8 Å². The van der Waals surface area contributed by atoms with Gasteiger partial charge < -0.3 is 36.0 Å². The summed E-state index contributed by atoms with van der Waals surface area (Å²) in [4.78, 5) is 94.8. The maximum Gasteiger partial charge on any atom is 0.320 e. The number of nitrogens with zero attached hydrogens (tertiary/aromatic N) is 7. The van der Waals surface area contributed by atoms with Gasteiger partial charge in [-0.25, -0.2) is 14.8 Å². The van der Waals surface area contributed by atoms with Crippen LogP contribution in [0.25, 0.3) is 0 Å². The Morgan fingerprint density at radius 3 is 2.35 bits per heavy atom. The number of nitrogens with two attached hydrogens (primary N) is 1. The van der Waals surface area contributed by atoms with Crippen molar-refractivity contribution in [2.45, 2.75) is 88.3 Å². The number of imide groups is 2. The molecule has 9 rings (SSSR count). The van der Waals surface area contributed by atoms with E-state index in [1.165, 1.54) is 5.56 Å². The Morgan fingerprint density at radius 1 is 0.871 bits per heavy atom. The summed E-state index contributed by atoms with van der Waals surface area (Å²) in [6.07, 6.45) is 9.86. The number of carbonyl (C=O) groups excluding carboxylic acids is 6. The number of aromatic nitrogens is 2. The van der Waals surface area contributed by atoms with Crippen molar-refractivity contribution in [1.29, 1.82) is 0 Å². The number of rotatable bonds is 11. The first-order valence-corrected chi connectivity index (χ1v) is 22.1. The average Bonchev–Trinajstić information content (AvgIpc) is 3.75. The lowest BCUT2D eigenvalue weighted by Crippen LogP contribution is -2.54. The third-order valence-corrected chi connectivity index (χ3v) is 13.8. The molecule has 0 bridgehead atoms. The highest BCUT2D eigenvalue weighted by molar-refractivity contribution is 6.25. The number of carbonyl (C=O) groups is 6. The summed E-state index contributed by atoms with van der Waals surface area (Å²) in [5, 5.41) is 9.13. The average molecular weight is 846 g/mol. The number of primary amides is 1. The molecule has 2 aromatic carbocycles. The number of likely N-dealkylation sites (N-methyl/N-ethyl adjacent to an activating group) is 1. The fourth-order valence-electron chi connectivity index (χ4n) is 10.4. The SMILES string of the molecule is CN1CCN([C@@H]2CCCN(c3cnc(C(N)=O)c(Nc4ccc(C5CCN(C[C@H]6CC[C@H](Nc7cccc8c7C(=O)N(C7CCC(=O)NC7=O)C8=O)CC6)CC5)cc4)n3)C2)C1=O. The van der Waals surface area contributed by atoms with Crippen LogP contribution < -0.4 is 26.6 Å². The van der Waals surface area contributed by atoms with Gasteiger partial charge in [-0.15, -0.1) is 0 Å². The molecule has 17 nitrogen and oxygen atoms in total. The maximum atomic E-state index is 13.6. The second-order valence-corrected chi connectivity index (χ2v) is 17.8. The van der Waals surface area contributed by atoms with Gasteiger partial charge in [0.05, 0.1) is 23.4 Å². The van der Waals surface area contributed by atoms with Gasteiger partial charge in [-0.2, -0.15) is 0 Å². The molecule has 1 aliphatic carbocycles. The Balaban J connectivity index is 0.748. The number of piperidine rings is 3. The Morgan fingerprint density at radius 2 is 1.65 bits per heavy atom. The molecular weight excluding hydrogens is 791 g/mol. The van der Waals surface area contributed by atoms with Gasteiger partial charge in [-0.05, 0) is 113 Å². The molecule has 0 radical (unpaired) electrons. The highest BCUT2D eigenvalue weighted by atomic mass is 16.2. The van der Waals surface area contributed by atoms with Crippen LogP contribution >= 0.6 is 0 Å². The largest absolute Gasteiger partial charge is 0.382 e. The van der Waals surface area contributed by atoms with E-state index in [4.69, 9.17) is 10.7 Å². The minimum Gasteiger partial charge on any atom is -0.382 e. The van der Waals surface area contributed by atoms with Crippen molar-refractivity contribution in [3.8, 4) is 0 Å². The zero-order valence-corrected chi connectivity index (χ0v) is 35.2. The lowest BCUT2D eigenvalue weighted by atomic mass is 9.84. The Kier molecular flexibility index (Phi) is 11.5. The number of amides is 7. The predicted molar refractivity (Wildman–Crippen MR) is 231 cm³/mol. The molecule has 17 heteroatoms. The van der Waals surface area contributed by atoms with Crippen LogP contribution in [-0.2, 0) is 9.59 Å². The molecule has 326 valence electrons. The fraction of sp³-hybridized carbons (Fsp3) is 0.511. The molecule has 6 heterocycles. The summed E-state index contributed by atoms with van der Waals surface area (Å²) in [6, 6.07) is 12.9. The molecule has 5 N–H and O–H groups in total. The molecule has 4 saturated heterocycles. The van der Waals surface area contributed by atoms with Crippen molar-refractivity contribution in [2.75, 3.05) is 68.4 Å². The fourth-order valence-corrected chi connectivity index (χ4v) is 10.4. The summed E-state index contributed by atoms with van der Waals surface area (Å²) in [6.45, 7) is 6.01. The van der Waals surface area contributed by atoms with Crippen LogP contribution in [0.15, 0.2) is 48.7 Å². The third-order valence-electron chi connectivity index (χ3n) is 13.8. The molecule has 7 amide bonds. The van der Waals surface area contributed by atoms with Crippen molar-refractivity contribution < 1.29 is 28.8 Å². The van der Waals surface area contributed by atoms with E-state index in [1.54, 1.807) is 23.2 Å². The minimum absolute atomic E-state index is 0.0620. The third kappa shape index (κ3) is 8.29. The molecule has 1 saturated carbocycles. The first-order valence-electron chi connectivity index (χ1n) is 22.1. The van der Waals surface area contributed by atoms with Crippen LogP contribution in [0.5, 0.6) is 0 Å². The van der Waals surface area contributed by atoms with Crippen molar-refractivity contribution >= 4 is 58.6 Å². The number of likely N-dealkylation sites (tertiary alicyclic amines) is 1.